The second-order valence-electron chi connectivity index (χ2n) is 14.2. The van der Waals surface area contributed by atoms with E-state index < -0.39 is 5.60 Å². The lowest BCUT2D eigenvalue weighted by Gasteiger charge is -2.64. The monoisotopic (exact) mass is 554 g/mol. The summed E-state index contributed by atoms with van der Waals surface area (Å²) in [6, 6.07) is 3.98. The Kier molecular flexibility index (Phi) is 7.58. The lowest BCUT2D eigenvalue weighted by atomic mass is 9.43. The van der Waals surface area contributed by atoms with Gasteiger partial charge in [0.15, 0.2) is 0 Å². The van der Waals surface area contributed by atoms with Gasteiger partial charge in [-0.25, -0.2) is 9.59 Å². The largest absolute Gasteiger partial charge is 0.431 e. The summed E-state index contributed by atoms with van der Waals surface area (Å²) in [5.41, 5.74) is 6.03. The fourth-order valence-corrected chi connectivity index (χ4v) is 10.4. The van der Waals surface area contributed by atoms with Gasteiger partial charge in [-0.05, 0) is 124 Å². The molecule has 8 nitrogen and oxygen atoms in total. The molecule has 0 aromatic carbocycles. The Morgan fingerprint density at radius 1 is 1.07 bits per heavy atom. The molecule has 6 rings (SSSR count). The minimum Gasteiger partial charge on any atom is -0.431 e. The van der Waals surface area contributed by atoms with Gasteiger partial charge in [0.2, 0.25) is 0 Å². The normalized spacial score (nSPS) is 41.5. The Hall–Kier alpha value is -1.90. The number of fused-ring (bicyclic) bond motifs is 5. The Morgan fingerprint density at radius 2 is 1.88 bits per heavy atom. The summed E-state index contributed by atoms with van der Waals surface area (Å²) in [5, 5.41) is 19.2. The molecule has 40 heavy (non-hydrogen) atoms. The van der Waals surface area contributed by atoms with E-state index in [2.05, 4.69) is 29.4 Å². The number of hydrogen-bond donors (Lipinski definition) is 4. The average molecular weight is 555 g/mol. The zero-order chi connectivity index (χ0) is 28.1. The molecule has 1 aromatic rings. The number of aliphatic hydroxyl groups is 1. The van der Waals surface area contributed by atoms with Crippen LogP contribution in [-0.2, 0) is 0 Å². The molecule has 0 unspecified atom stereocenters. The van der Waals surface area contributed by atoms with Gasteiger partial charge >= 0.3 is 11.7 Å². The minimum absolute atomic E-state index is 0.0659. The molecule has 2 amide bonds. The lowest BCUT2D eigenvalue weighted by Crippen LogP contribution is -2.63. The number of nitrogens with two attached hydrogens (primary N) is 1. The van der Waals surface area contributed by atoms with Crippen molar-refractivity contribution in [2.75, 3.05) is 26.2 Å². The number of nitrogens with zero attached hydrogens (tertiary/aromatic N) is 1. The summed E-state index contributed by atoms with van der Waals surface area (Å²) >= 11 is 0. The van der Waals surface area contributed by atoms with Crippen LogP contribution in [0.1, 0.15) is 96.0 Å². The van der Waals surface area contributed by atoms with Crippen LogP contribution in [0.5, 0.6) is 0 Å². The van der Waals surface area contributed by atoms with E-state index in [1.165, 1.54) is 6.07 Å². The smallest absolute Gasteiger partial charge is 0.335 e. The number of piperidine rings is 1. The molecule has 2 heterocycles. The molecule has 5 aliphatic rings. The van der Waals surface area contributed by atoms with Gasteiger partial charge in [-0.3, -0.25) is 0 Å². The third-order valence-corrected chi connectivity index (χ3v) is 12.7. The van der Waals surface area contributed by atoms with Crippen LogP contribution < -0.4 is 22.0 Å². The summed E-state index contributed by atoms with van der Waals surface area (Å²) in [6.07, 6.45) is 12.8. The maximum absolute atomic E-state index is 13.4. The first kappa shape index (κ1) is 28.2. The Bertz CT molecular complexity index is 1120. The van der Waals surface area contributed by atoms with Crippen molar-refractivity contribution in [3.05, 3.63) is 34.4 Å². The van der Waals surface area contributed by atoms with Crippen molar-refractivity contribution in [3.8, 4) is 0 Å². The van der Waals surface area contributed by atoms with Gasteiger partial charge in [0, 0.05) is 36.7 Å². The van der Waals surface area contributed by atoms with Crippen LogP contribution in [0.2, 0.25) is 0 Å². The Balaban J connectivity index is 1.17. The predicted molar refractivity (Wildman–Crippen MR) is 155 cm³/mol. The van der Waals surface area contributed by atoms with E-state index >= 15 is 0 Å². The van der Waals surface area contributed by atoms with Crippen LogP contribution in [0.3, 0.4) is 0 Å². The van der Waals surface area contributed by atoms with E-state index in [1.807, 2.05) is 6.07 Å². The molecule has 5 fully saturated rings. The maximum atomic E-state index is 13.4. The molecule has 0 bridgehead atoms. The third-order valence-electron chi connectivity index (χ3n) is 12.7. The van der Waals surface area contributed by atoms with Gasteiger partial charge in [-0.1, -0.05) is 13.8 Å². The number of rotatable bonds is 5. The van der Waals surface area contributed by atoms with E-state index in [0.29, 0.717) is 30.8 Å². The molecule has 0 radical (unpaired) electrons. The molecule has 222 valence electrons. The van der Waals surface area contributed by atoms with Crippen molar-refractivity contribution in [1.82, 2.24) is 15.5 Å². The second-order valence-corrected chi connectivity index (χ2v) is 14.2. The van der Waals surface area contributed by atoms with E-state index in [9.17, 15) is 14.7 Å². The highest BCUT2D eigenvalue weighted by molar-refractivity contribution is 5.75. The predicted octanol–water partition coefficient (Wildman–Crippen LogP) is 3.97. The maximum Gasteiger partial charge on any atom is 0.335 e. The summed E-state index contributed by atoms with van der Waals surface area (Å²) < 4.78 is 5.25. The Morgan fingerprint density at radius 3 is 2.60 bits per heavy atom. The topological polar surface area (TPSA) is 121 Å². The van der Waals surface area contributed by atoms with Crippen molar-refractivity contribution in [2.24, 2.45) is 34.3 Å². The van der Waals surface area contributed by atoms with Crippen LogP contribution in [0.25, 0.3) is 0 Å². The summed E-state index contributed by atoms with van der Waals surface area (Å²) in [5.74, 6) is 1.58. The molecule has 4 saturated carbocycles. The minimum atomic E-state index is -0.693. The molecule has 8 heteroatoms. The first-order valence-electron chi connectivity index (χ1n) is 16.0. The van der Waals surface area contributed by atoms with Crippen molar-refractivity contribution < 1.29 is 14.3 Å². The van der Waals surface area contributed by atoms with Crippen LogP contribution in [-0.4, -0.2) is 59.9 Å². The van der Waals surface area contributed by atoms with E-state index in [4.69, 9.17) is 10.2 Å². The highest BCUT2D eigenvalue weighted by atomic mass is 16.4. The van der Waals surface area contributed by atoms with Gasteiger partial charge in [0.05, 0.1) is 11.9 Å². The fraction of sp³-hybridized carbons (Fsp3) is 0.812. The van der Waals surface area contributed by atoms with E-state index in [-0.39, 0.29) is 40.5 Å². The molecule has 1 aromatic heterocycles. The van der Waals surface area contributed by atoms with Crippen LogP contribution in [0.4, 0.5) is 4.79 Å². The summed E-state index contributed by atoms with van der Waals surface area (Å²) in [6.45, 7) is 7.81. The molecular formula is C32H50N4O4. The van der Waals surface area contributed by atoms with Crippen molar-refractivity contribution in [3.63, 3.8) is 0 Å². The van der Waals surface area contributed by atoms with Gasteiger partial charge < -0.3 is 30.8 Å². The second kappa shape index (κ2) is 10.7. The number of hydrogen-bond acceptors (Lipinski definition) is 6. The quantitative estimate of drug-likeness (QED) is 0.437. The van der Waals surface area contributed by atoms with Crippen LogP contribution in [0, 0.1) is 28.6 Å². The standard InChI is InChI=1S/C32H50N4O4/c1-30-12-7-24(36(18-15-33)29(38)35-23-10-16-34-17-11-23)19-22(30)4-5-27-26(30)8-13-31(2)25(9-14-32(27,31)39)21-3-6-28(37)40-20-21/h3,6,20,22-27,34,39H,4-5,7-19,33H2,1-2H3,(H,35,38)/t22-,24+,25-,26+,27-,30+,31-,32+/m1/s1. The van der Waals surface area contributed by atoms with Crippen molar-refractivity contribution in [1.29, 1.82) is 0 Å². The SMILES string of the molecule is C[C@]12CC[C@H](N(CCN)C(=O)NC3CCNCC3)C[C@H]1CC[C@@H]1[C@@H]2CC[C@]2(C)[C@@H](c3ccc(=O)oc3)CC[C@]12O. The molecule has 1 saturated heterocycles. The number of carbonyl (C=O) groups excluding carboxylic acids is 1. The highest BCUT2D eigenvalue weighted by Gasteiger charge is 2.67. The molecule has 0 spiro atoms. The highest BCUT2D eigenvalue weighted by Crippen LogP contribution is 2.70. The van der Waals surface area contributed by atoms with Crippen molar-refractivity contribution >= 4 is 6.03 Å². The molecule has 1 aliphatic heterocycles. The molecular weight excluding hydrogens is 504 g/mol. The number of urea groups is 1. The average Bonchev–Trinajstić information content (AvgIpc) is 3.23. The van der Waals surface area contributed by atoms with Crippen LogP contribution in [0.15, 0.2) is 27.6 Å². The van der Waals surface area contributed by atoms with Crippen molar-refractivity contribution in [2.45, 2.75) is 108 Å². The van der Waals surface area contributed by atoms with Gasteiger partial charge in [-0.15, -0.1) is 0 Å². The zero-order valence-electron chi connectivity index (χ0n) is 24.5. The fourth-order valence-electron chi connectivity index (χ4n) is 10.4. The first-order chi connectivity index (χ1) is 19.2. The van der Waals surface area contributed by atoms with E-state index in [0.717, 1.165) is 89.3 Å². The number of nitrogens with one attached hydrogen (secondary N) is 2. The lowest BCUT2D eigenvalue weighted by molar-refractivity contribution is -0.203. The van der Waals surface area contributed by atoms with Gasteiger partial charge in [-0.2, -0.15) is 0 Å². The summed E-state index contributed by atoms with van der Waals surface area (Å²) in [7, 11) is 0. The number of amides is 2. The Labute approximate surface area is 238 Å². The molecule has 8 atom stereocenters. The van der Waals surface area contributed by atoms with Gasteiger partial charge in [0.25, 0.3) is 0 Å². The molecule has 4 aliphatic carbocycles. The third kappa shape index (κ3) is 4.53. The summed E-state index contributed by atoms with van der Waals surface area (Å²) in [4.78, 5) is 27.1. The molecule has 5 N–H and O–H groups in total. The zero-order valence-corrected chi connectivity index (χ0v) is 24.5. The number of carbonyl (C=O) groups is 1. The first-order valence-corrected chi connectivity index (χ1v) is 16.0. The van der Waals surface area contributed by atoms with Crippen LogP contribution >= 0.6 is 0 Å². The van der Waals surface area contributed by atoms with E-state index in [1.54, 1.807) is 6.26 Å². The van der Waals surface area contributed by atoms with Gasteiger partial charge in [0.1, 0.15) is 0 Å².